The minimum atomic E-state index is -0.255. The molecule has 3 aromatic heterocycles. The molecule has 0 aliphatic heterocycles. The zero-order chi connectivity index (χ0) is 17.2. The number of aromatic nitrogens is 4. The van der Waals surface area contributed by atoms with Crippen LogP contribution in [0.25, 0.3) is 16.4 Å². The lowest BCUT2D eigenvalue weighted by molar-refractivity contribution is -0.121. The number of para-hydroxylation sites is 1. The fourth-order valence-corrected chi connectivity index (χ4v) is 2.75. The van der Waals surface area contributed by atoms with Crippen molar-refractivity contribution in [2.24, 2.45) is 0 Å². The molecule has 0 aliphatic carbocycles. The molecule has 4 rings (SSSR count). The Morgan fingerprint density at radius 1 is 1.12 bits per heavy atom. The molecule has 4 aromatic rings. The van der Waals surface area contributed by atoms with E-state index in [2.05, 4.69) is 15.4 Å². The van der Waals surface area contributed by atoms with Gasteiger partial charge < -0.3 is 5.32 Å². The first kappa shape index (κ1) is 15.1. The van der Waals surface area contributed by atoms with E-state index in [0.29, 0.717) is 17.4 Å². The van der Waals surface area contributed by atoms with E-state index >= 15 is 0 Å². The molecule has 0 spiro atoms. The summed E-state index contributed by atoms with van der Waals surface area (Å²) in [4.78, 5) is 28.8. The molecule has 0 fully saturated rings. The van der Waals surface area contributed by atoms with Gasteiger partial charge in [-0.1, -0.05) is 18.2 Å². The summed E-state index contributed by atoms with van der Waals surface area (Å²) in [5.74, 6) is -0.255. The second-order valence-electron chi connectivity index (χ2n) is 5.67. The molecule has 7 nitrogen and oxygen atoms in total. The average Bonchev–Trinajstić information content (AvgIpc) is 3.06. The summed E-state index contributed by atoms with van der Waals surface area (Å²) < 4.78 is 3.06. The Kier molecular flexibility index (Phi) is 3.74. The van der Waals surface area contributed by atoms with Crippen LogP contribution in [0.5, 0.6) is 0 Å². The van der Waals surface area contributed by atoms with Crippen LogP contribution in [0, 0.1) is 0 Å². The van der Waals surface area contributed by atoms with Gasteiger partial charge in [0.15, 0.2) is 0 Å². The van der Waals surface area contributed by atoms with Gasteiger partial charge in [-0.25, -0.2) is 9.50 Å². The summed E-state index contributed by atoms with van der Waals surface area (Å²) >= 11 is 0. The fourth-order valence-electron chi connectivity index (χ4n) is 2.75. The Labute approximate surface area is 142 Å². The number of benzene rings is 1. The summed E-state index contributed by atoms with van der Waals surface area (Å²) in [5.41, 5.74) is 2.25. The highest BCUT2D eigenvalue weighted by Gasteiger charge is 2.09. The van der Waals surface area contributed by atoms with Crippen molar-refractivity contribution in [3.63, 3.8) is 0 Å². The molecular weight excluding hydrogens is 318 g/mol. The van der Waals surface area contributed by atoms with E-state index in [-0.39, 0.29) is 18.0 Å². The Balaban J connectivity index is 1.49. The largest absolute Gasteiger partial charge is 0.350 e. The van der Waals surface area contributed by atoms with Crippen molar-refractivity contribution in [1.29, 1.82) is 0 Å². The lowest BCUT2D eigenvalue weighted by Gasteiger charge is -2.07. The molecule has 0 atom stereocenters. The van der Waals surface area contributed by atoms with E-state index in [0.717, 1.165) is 11.1 Å². The third kappa shape index (κ3) is 2.87. The Bertz CT molecular complexity index is 1130. The van der Waals surface area contributed by atoms with Crippen LogP contribution in [0.3, 0.4) is 0 Å². The Morgan fingerprint density at radius 3 is 2.88 bits per heavy atom. The second-order valence-corrected chi connectivity index (χ2v) is 5.67. The van der Waals surface area contributed by atoms with Crippen LogP contribution in [0.15, 0.2) is 66.0 Å². The summed E-state index contributed by atoms with van der Waals surface area (Å²) in [6.45, 7) is 0.276. The molecule has 0 saturated carbocycles. The highest BCUT2D eigenvalue weighted by molar-refractivity contribution is 5.79. The molecule has 0 saturated heterocycles. The number of amides is 1. The minimum absolute atomic E-state index is 0.0735. The SMILES string of the molecule is O=C(Cn1cnc2ccccc2c1=O)NCc1cnn2ccccc12. The van der Waals surface area contributed by atoms with Gasteiger partial charge in [0.1, 0.15) is 6.54 Å². The quantitative estimate of drug-likeness (QED) is 0.611. The molecule has 124 valence electrons. The van der Waals surface area contributed by atoms with E-state index in [9.17, 15) is 9.59 Å². The molecular formula is C18H15N5O2. The first-order valence-corrected chi connectivity index (χ1v) is 7.84. The normalized spacial score (nSPS) is 11.0. The smallest absolute Gasteiger partial charge is 0.261 e. The third-order valence-electron chi connectivity index (χ3n) is 4.03. The molecule has 0 aliphatic rings. The first-order chi connectivity index (χ1) is 12.2. The monoisotopic (exact) mass is 333 g/mol. The van der Waals surface area contributed by atoms with E-state index < -0.39 is 0 Å². The molecule has 1 N–H and O–H groups in total. The minimum Gasteiger partial charge on any atom is -0.350 e. The fraction of sp³-hybridized carbons (Fsp3) is 0.111. The van der Waals surface area contributed by atoms with Gasteiger partial charge in [-0.05, 0) is 24.3 Å². The Hall–Kier alpha value is -3.48. The van der Waals surface area contributed by atoms with Gasteiger partial charge >= 0.3 is 0 Å². The van der Waals surface area contributed by atoms with Crippen molar-refractivity contribution < 1.29 is 4.79 Å². The lowest BCUT2D eigenvalue weighted by Crippen LogP contribution is -2.32. The van der Waals surface area contributed by atoms with Crippen LogP contribution in [0.2, 0.25) is 0 Å². The molecule has 1 aromatic carbocycles. The standard InChI is InChI=1S/C18H15N5O2/c24-17(19-9-13-10-21-23-8-4-3-7-16(13)23)11-22-12-20-15-6-2-1-5-14(15)18(22)25/h1-8,10,12H,9,11H2,(H,19,24). The van der Waals surface area contributed by atoms with Gasteiger partial charge in [0.25, 0.3) is 5.56 Å². The van der Waals surface area contributed by atoms with Crippen LogP contribution in [-0.2, 0) is 17.9 Å². The molecule has 0 bridgehead atoms. The number of fused-ring (bicyclic) bond motifs is 2. The van der Waals surface area contributed by atoms with Gasteiger partial charge in [-0.2, -0.15) is 5.10 Å². The predicted octanol–water partition coefficient (Wildman–Crippen LogP) is 1.36. The van der Waals surface area contributed by atoms with Crippen LogP contribution >= 0.6 is 0 Å². The van der Waals surface area contributed by atoms with E-state index in [1.807, 2.05) is 30.5 Å². The average molecular weight is 333 g/mol. The van der Waals surface area contributed by atoms with E-state index in [4.69, 9.17) is 0 Å². The number of hydrogen-bond donors (Lipinski definition) is 1. The molecule has 0 unspecified atom stereocenters. The van der Waals surface area contributed by atoms with Gasteiger partial charge in [0.2, 0.25) is 5.91 Å². The van der Waals surface area contributed by atoms with Gasteiger partial charge in [-0.15, -0.1) is 0 Å². The van der Waals surface area contributed by atoms with Crippen molar-refractivity contribution in [3.8, 4) is 0 Å². The van der Waals surface area contributed by atoms with Gasteiger partial charge in [0, 0.05) is 18.3 Å². The molecule has 3 heterocycles. The van der Waals surface area contributed by atoms with Crippen molar-refractivity contribution in [3.05, 3.63) is 77.1 Å². The van der Waals surface area contributed by atoms with Crippen LogP contribution in [-0.4, -0.2) is 25.1 Å². The van der Waals surface area contributed by atoms with Crippen LogP contribution in [0.4, 0.5) is 0 Å². The number of nitrogens with zero attached hydrogens (tertiary/aromatic N) is 4. The molecule has 25 heavy (non-hydrogen) atoms. The molecule has 7 heteroatoms. The van der Waals surface area contributed by atoms with Crippen molar-refractivity contribution in [1.82, 2.24) is 24.5 Å². The predicted molar refractivity (Wildman–Crippen MR) is 93.0 cm³/mol. The number of carbonyl (C=O) groups excluding carboxylic acids is 1. The first-order valence-electron chi connectivity index (χ1n) is 7.84. The summed E-state index contributed by atoms with van der Waals surface area (Å²) in [6, 6.07) is 12.8. The zero-order valence-electron chi connectivity index (χ0n) is 13.3. The summed E-state index contributed by atoms with van der Waals surface area (Å²) in [5, 5.41) is 7.55. The maximum atomic E-state index is 12.4. The molecule has 0 radical (unpaired) electrons. The zero-order valence-corrected chi connectivity index (χ0v) is 13.3. The van der Waals surface area contributed by atoms with Gasteiger partial charge in [0.05, 0.1) is 28.9 Å². The third-order valence-corrected chi connectivity index (χ3v) is 4.03. The Morgan fingerprint density at radius 2 is 1.96 bits per heavy atom. The van der Waals surface area contributed by atoms with Crippen molar-refractivity contribution >= 4 is 22.3 Å². The number of hydrogen-bond acceptors (Lipinski definition) is 4. The maximum absolute atomic E-state index is 12.4. The number of pyridine rings is 1. The summed E-state index contributed by atoms with van der Waals surface area (Å²) in [7, 11) is 0. The number of carbonyl (C=O) groups is 1. The van der Waals surface area contributed by atoms with Gasteiger partial charge in [-0.3, -0.25) is 14.2 Å². The number of nitrogens with one attached hydrogen (secondary N) is 1. The molecule has 1 amide bonds. The topological polar surface area (TPSA) is 81.3 Å². The van der Waals surface area contributed by atoms with Crippen LogP contribution < -0.4 is 10.9 Å². The van der Waals surface area contributed by atoms with Crippen molar-refractivity contribution in [2.45, 2.75) is 13.1 Å². The second kappa shape index (κ2) is 6.20. The highest BCUT2D eigenvalue weighted by atomic mass is 16.2. The summed E-state index contributed by atoms with van der Waals surface area (Å²) in [6.07, 6.45) is 4.97. The van der Waals surface area contributed by atoms with Crippen molar-refractivity contribution in [2.75, 3.05) is 0 Å². The lowest BCUT2D eigenvalue weighted by atomic mass is 10.2. The van der Waals surface area contributed by atoms with E-state index in [1.165, 1.54) is 10.9 Å². The van der Waals surface area contributed by atoms with E-state index in [1.54, 1.807) is 28.9 Å². The van der Waals surface area contributed by atoms with Crippen LogP contribution in [0.1, 0.15) is 5.56 Å². The number of rotatable bonds is 4. The highest BCUT2D eigenvalue weighted by Crippen LogP contribution is 2.09. The maximum Gasteiger partial charge on any atom is 0.261 e.